The minimum Gasteiger partial charge on any atom is -0.493 e. The van der Waals surface area contributed by atoms with Crippen LogP contribution in [0.2, 0.25) is 0 Å². The SMILES string of the molecule is COc1cc(/C=N\OCc2nc(-c3ccccc3C)no2)ccc1OC(C)C. The second kappa shape index (κ2) is 9.03. The van der Waals surface area contributed by atoms with Crippen LogP contribution in [0.25, 0.3) is 11.4 Å². The lowest BCUT2D eigenvalue weighted by Crippen LogP contribution is -2.06. The number of rotatable bonds is 8. The molecule has 0 amide bonds. The Morgan fingerprint density at radius 2 is 1.96 bits per heavy atom. The van der Waals surface area contributed by atoms with E-state index in [0.29, 0.717) is 23.2 Å². The first-order valence-electron chi connectivity index (χ1n) is 8.95. The van der Waals surface area contributed by atoms with Crippen LogP contribution in [0.5, 0.6) is 11.5 Å². The van der Waals surface area contributed by atoms with E-state index in [1.165, 1.54) is 0 Å². The van der Waals surface area contributed by atoms with Crippen LogP contribution in [-0.4, -0.2) is 29.6 Å². The lowest BCUT2D eigenvalue weighted by Gasteiger charge is -2.13. The highest BCUT2D eigenvalue weighted by atomic mass is 16.6. The Bertz CT molecular complexity index is 950. The summed E-state index contributed by atoms with van der Waals surface area (Å²) in [7, 11) is 1.60. The highest BCUT2D eigenvalue weighted by Gasteiger charge is 2.11. The molecule has 1 aromatic heterocycles. The van der Waals surface area contributed by atoms with E-state index in [4.69, 9.17) is 18.8 Å². The number of benzene rings is 2. The molecule has 0 aliphatic carbocycles. The molecule has 3 aromatic rings. The van der Waals surface area contributed by atoms with E-state index in [0.717, 1.165) is 16.7 Å². The van der Waals surface area contributed by atoms with E-state index in [9.17, 15) is 0 Å². The van der Waals surface area contributed by atoms with Gasteiger partial charge in [0.1, 0.15) is 0 Å². The van der Waals surface area contributed by atoms with Crippen molar-refractivity contribution in [3.63, 3.8) is 0 Å². The summed E-state index contributed by atoms with van der Waals surface area (Å²) in [5.41, 5.74) is 2.82. The van der Waals surface area contributed by atoms with Crippen molar-refractivity contribution in [2.24, 2.45) is 5.16 Å². The molecule has 1 heterocycles. The monoisotopic (exact) mass is 381 g/mol. The highest BCUT2D eigenvalue weighted by Crippen LogP contribution is 2.28. The molecule has 0 radical (unpaired) electrons. The molecule has 7 heteroatoms. The standard InChI is InChI=1S/C21H23N3O4/c1-14(2)27-18-10-9-16(11-19(18)25-4)12-22-26-13-20-23-21(24-28-20)17-8-6-5-7-15(17)3/h5-12,14H,13H2,1-4H3/b22-12-. The van der Waals surface area contributed by atoms with Crippen LogP contribution in [0.4, 0.5) is 0 Å². The number of oxime groups is 1. The fourth-order valence-electron chi connectivity index (χ4n) is 2.55. The van der Waals surface area contributed by atoms with Crippen molar-refractivity contribution in [1.29, 1.82) is 0 Å². The molecule has 0 atom stereocenters. The van der Waals surface area contributed by atoms with Gasteiger partial charge in [0.2, 0.25) is 5.82 Å². The van der Waals surface area contributed by atoms with E-state index in [-0.39, 0.29) is 12.7 Å². The van der Waals surface area contributed by atoms with Gasteiger partial charge in [-0.05, 0) is 44.5 Å². The Labute approximate surface area is 163 Å². The molecule has 2 aromatic carbocycles. The van der Waals surface area contributed by atoms with Gasteiger partial charge < -0.3 is 18.8 Å². The van der Waals surface area contributed by atoms with Gasteiger partial charge >= 0.3 is 0 Å². The maximum absolute atomic E-state index is 5.69. The van der Waals surface area contributed by atoms with Gasteiger partial charge in [-0.15, -0.1) is 0 Å². The van der Waals surface area contributed by atoms with E-state index in [1.807, 2.05) is 63.2 Å². The average Bonchev–Trinajstić information content (AvgIpc) is 3.15. The van der Waals surface area contributed by atoms with Crippen LogP contribution >= 0.6 is 0 Å². The molecular weight excluding hydrogens is 358 g/mol. The molecule has 28 heavy (non-hydrogen) atoms. The third kappa shape index (κ3) is 4.88. The second-order valence-electron chi connectivity index (χ2n) is 6.41. The van der Waals surface area contributed by atoms with Crippen molar-refractivity contribution in [2.75, 3.05) is 7.11 Å². The van der Waals surface area contributed by atoms with Crippen LogP contribution in [0.1, 0.15) is 30.9 Å². The van der Waals surface area contributed by atoms with Crippen molar-refractivity contribution in [3.8, 4) is 22.9 Å². The Hall–Kier alpha value is -3.35. The van der Waals surface area contributed by atoms with Gasteiger partial charge in [-0.3, -0.25) is 0 Å². The minimum absolute atomic E-state index is 0.0655. The Morgan fingerprint density at radius 3 is 2.71 bits per heavy atom. The highest BCUT2D eigenvalue weighted by molar-refractivity contribution is 5.80. The number of methoxy groups -OCH3 is 1. The van der Waals surface area contributed by atoms with Gasteiger partial charge in [-0.25, -0.2) is 0 Å². The molecule has 0 saturated heterocycles. The Balaban J connectivity index is 1.59. The van der Waals surface area contributed by atoms with Crippen LogP contribution in [0, 0.1) is 6.92 Å². The van der Waals surface area contributed by atoms with Crippen LogP contribution < -0.4 is 9.47 Å². The summed E-state index contributed by atoms with van der Waals surface area (Å²) >= 11 is 0. The van der Waals surface area contributed by atoms with Crippen LogP contribution in [-0.2, 0) is 11.4 Å². The maximum atomic E-state index is 5.69. The summed E-state index contributed by atoms with van der Waals surface area (Å²) in [5, 5.41) is 7.94. The maximum Gasteiger partial charge on any atom is 0.267 e. The first-order valence-corrected chi connectivity index (χ1v) is 8.95. The number of aryl methyl sites for hydroxylation is 1. The molecular formula is C21H23N3O4. The minimum atomic E-state index is 0.0655. The van der Waals surface area contributed by atoms with Crippen LogP contribution in [0.15, 0.2) is 52.1 Å². The van der Waals surface area contributed by atoms with Gasteiger partial charge in [0.25, 0.3) is 5.89 Å². The molecule has 0 spiro atoms. The Kier molecular flexibility index (Phi) is 6.26. The number of nitrogens with zero attached hydrogens (tertiary/aromatic N) is 3. The molecule has 0 bridgehead atoms. The lowest BCUT2D eigenvalue weighted by atomic mass is 10.1. The molecule has 0 saturated carbocycles. The molecule has 3 rings (SSSR count). The number of aromatic nitrogens is 2. The van der Waals surface area contributed by atoms with Crippen molar-refractivity contribution in [2.45, 2.75) is 33.5 Å². The number of hydrogen-bond donors (Lipinski definition) is 0. The fraction of sp³-hybridized carbons (Fsp3) is 0.286. The topological polar surface area (TPSA) is 79.0 Å². The molecule has 0 unspecified atom stereocenters. The Morgan fingerprint density at radius 1 is 1.14 bits per heavy atom. The summed E-state index contributed by atoms with van der Waals surface area (Å²) in [6.45, 7) is 6.01. The zero-order valence-electron chi connectivity index (χ0n) is 16.4. The summed E-state index contributed by atoms with van der Waals surface area (Å²) < 4.78 is 16.3. The first-order chi connectivity index (χ1) is 13.6. The quantitative estimate of drug-likeness (QED) is 0.425. The third-order valence-electron chi connectivity index (χ3n) is 3.87. The largest absolute Gasteiger partial charge is 0.493 e. The molecule has 146 valence electrons. The normalized spacial score (nSPS) is 11.2. The smallest absolute Gasteiger partial charge is 0.267 e. The van der Waals surface area contributed by atoms with Crippen molar-refractivity contribution >= 4 is 6.21 Å². The molecule has 7 nitrogen and oxygen atoms in total. The zero-order chi connectivity index (χ0) is 19.9. The molecule has 0 fully saturated rings. The summed E-state index contributed by atoms with van der Waals surface area (Å²) in [6.07, 6.45) is 1.65. The zero-order valence-corrected chi connectivity index (χ0v) is 16.4. The van der Waals surface area contributed by atoms with Crippen LogP contribution in [0.3, 0.4) is 0 Å². The molecule has 0 aliphatic rings. The lowest BCUT2D eigenvalue weighted by molar-refractivity contribution is 0.107. The van der Waals surface area contributed by atoms with E-state index in [2.05, 4.69) is 15.3 Å². The predicted molar refractivity (Wildman–Crippen MR) is 106 cm³/mol. The summed E-state index contributed by atoms with van der Waals surface area (Å²) in [4.78, 5) is 9.61. The van der Waals surface area contributed by atoms with Crippen molar-refractivity contribution in [1.82, 2.24) is 10.1 Å². The second-order valence-corrected chi connectivity index (χ2v) is 6.41. The summed E-state index contributed by atoms with van der Waals surface area (Å²) in [6, 6.07) is 13.4. The van der Waals surface area contributed by atoms with E-state index >= 15 is 0 Å². The fourth-order valence-corrected chi connectivity index (χ4v) is 2.55. The number of ether oxygens (including phenoxy) is 2. The summed E-state index contributed by atoms with van der Waals surface area (Å²) in [5.74, 6) is 2.21. The van der Waals surface area contributed by atoms with E-state index < -0.39 is 0 Å². The predicted octanol–water partition coefficient (Wildman–Crippen LogP) is 4.39. The third-order valence-corrected chi connectivity index (χ3v) is 3.87. The first kappa shape index (κ1) is 19.4. The van der Waals surface area contributed by atoms with Gasteiger partial charge in [-0.1, -0.05) is 34.6 Å². The van der Waals surface area contributed by atoms with Crippen molar-refractivity contribution in [3.05, 3.63) is 59.5 Å². The number of hydrogen-bond acceptors (Lipinski definition) is 7. The molecule has 0 N–H and O–H groups in total. The van der Waals surface area contributed by atoms with Crippen molar-refractivity contribution < 1.29 is 18.8 Å². The van der Waals surface area contributed by atoms with Gasteiger partial charge in [0, 0.05) is 11.1 Å². The van der Waals surface area contributed by atoms with Gasteiger partial charge in [0.15, 0.2) is 18.1 Å². The average molecular weight is 381 g/mol. The van der Waals surface area contributed by atoms with E-state index in [1.54, 1.807) is 13.3 Å². The van der Waals surface area contributed by atoms with Gasteiger partial charge in [0.05, 0.1) is 19.4 Å². The molecule has 0 aliphatic heterocycles. The van der Waals surface area contributed by atoms with Gasteiger partial charge in [-0.2, -0.15) is 4.98 Å².